The molecule has 0 saturated carbocycles. The molecule has 1 aromatic carbocycles. The molecule has 0 amide bonds. The first-order valence-corrected chi connectivity index (χ1v) is 6.85. The van der Waals surface area contributed by atoms with Crippen LogP contribution in [0.15, 0.2) is 30.3 Å². The predicted molar refractivity (Wildman–Crippen MR) is 74.7 cm³/mol. The van der Waals surface area contributed by atoms with Gasteiger partial charge in [0.1, 0.15) is 0 Å². The SMILES string of the molecule is CC(c1ccccc1)N(C)CCC1CNCCO1. The van der Waals surface area contributed by atoms with Crippen molar-refractivity contribution in [2.24, 2.45) is 0 Å². The number of rotatable bonds is 5. The van der Waals surface area contributed by atoms with Crippen LogP contribution in [0.2, 0.25) is 0 Å². The molecule has 1 aliphatic rings. The van der Waals surface area contributed by atoms with Crippen molar-refractivity contribution in [3.63, 3.8) is 0 Å². The van der Waals surface area contributed by atoms with Crippen LogP contribution >= 0.6 is 0 Å². The molecule has 1 saturated heterocycles. The van der Waals surface area contributed by atoms with E-state index in [4.69, 9.17) is 4.74 Å². The lowest BCUT2D eigenvalue weighted by atomic mass is 10.1. The zero-order chi connectivity index (χ0) is 12.8. The van der Waals surface area contributed by atoms with Gasteiger partial charge in [-0.3, -0.25) is 4.90 Å². The Balaban J connectivity index is 1.78. The van der Waals surface area contributed by atoms with Gasteiger partial charge in [0.05, 0.1) is 12.7 Å². The fourth-order valence-electron chi connectivity index (χ4n) is 2.33. The third kappa shape index (κ3) is 3.80. The number of nitrogens with zero attached hydrogens (tertiary/aromatic N) is 1. The number of morpholine rings is 1. The van der Waals surface area contributed by atoms with Crippen molar-refractivity contribution in [2.45, 2.75) is 25.5 Å². The van der Waals surface area contributed by atoms with Crippen LogP contribution in [0.3, 0.4) is 0 Å². The lowest BCUT2D eigenvalue weighted by Gasteiger charge is -2.29. The predicted octanol–water partition coefficient (Wildman–Crippen LogP) is 2.06. The molecule has 3 nitrogen and oxygen atoms in total. The third-order valence-electron chi connectivity index (χ3n) is 3.75. The van der Waals surface area contributed by atoms with Gasteiger partial charge in [-0.25, -0.2) is 0 Å². The highest BCUT2D eigenvalue weighted by Crippen LogP contribution is 2.18. The highest BCUT2D eigenvalue weighted by atomic mass is 16.5. The molecule has 2 atom stereocenters. The minimum Gasteiger partial charge on any atom is -0.376 e. The van der Waals surface area contributed by atoms with Crippen molar-refractivity contribution < 1.29 is 4.74 Å². The number of benzene rings is 1. The Kier molecular flexibility index (Phi) is 5.17. The summed E-state index contributed by atoms with van der Waals surface area (Å²) in [6, 6.07) is 11.1. The number of ether oxygens (including phenoxy) is 1. The average molecular weight is 248 g/mol. The highest BCUT2D eigenvalue weighted by molar-refractivity contribution is 5.18. The van der Waals surface area contributed by atoms with E-state index in [9.17, 15) is 0 Å². The maximum atomic E-state index is 5.72. The van der Waals surface area contributed by atoms with Gasteiger partial charge >= 0.3 is 0 Å². The van der Waals surface area contributed by atoms with E-state index in [1.165, 1.54) is 5.56 Å². The van der Waals surface area contributed by atoms with Crippen LogP contribution in [0.25, 0.3) is 0 Å². The Morgan fingerprint density at radius 1 is 1.39 bits per heavy atom. The van der Waals surface area contributed by atoms with Crippen LogP contribution < -0.4 is 5.32 Å². The standard InChI is InChI=1S/C15H24N2O/c1-13(14-6-4-3-5-7-14)17(2)10-8-15-12-16-9-11-18-15/h3-7,13,15-16H,8-12H2,1-2H3. The Hall–Kier alpha value is -0.900. The second kappa shape index (κ2) is 6.88. The van der Waals surface area contributed by atoms with Gasteiger partial charge in [0.25, 0.3) is 0 Å². The lowest BCUT2D eigenvalue weighted by Crippen LogP contribution is -2.40. The summed E-state index contributed by atoms with van der Waals surface area (Å²) < 4.78 is 5.72. The fourth-order valence-corrected chi connectivity index (χ4v) is 2.33. The summed E-state index contributed by atoms with van der Waals surface area (Å²) in [7, 11) is 2.19. The molecule has 1 aromatic rings. The summed E-state index contributed by atoms with van der Waals surface area (Å²) in [4.78, 5) is 2.40. The van der Waals surface area contributed by atoms with Gasteiger partial charge in [-0.15, -0.1) is 0 Å². The molecule has 18 heavy (non-hydrogen) atoms. The average Bonchev–Trinajstić information content (AvgIpc) is 2.46. The minimum absolute atomic E-state index is 0.379. The third-order valence-corrected chi connectivity index (χ3v) is 3.75. The summed E-state index contributed by atoms with van der Waals surface area (Å²) in [5, 5.41) is 3.38. The maximum absolute atomic E-state index is 5.72. The lowest BCUT2D eigenvalue weighted by molar-refractivity contribution is 0.0169. The zero-order valence-corrected chi connectivity index (χ0v) is 11.4. The van der Waals surface area contributed by atoms with Crippen LogP contribution in [0, 0.1) is 0 Å². The van der Waals surface area contributed by atoms with E-state index in [1.807, 2.05) is 0 Å². The first-order valence-electron chi connectivity index (χ1n) is 6.85. The molecule has 2 rings (SSSR count). The number of nitrogens with one attached hydrogen (secondary N) is 1. The second-order valence-electron chi connectivity index (χ2n) is 5.05. The molecule has 3 heteroatoms. The zero-order valence-electron chi connectivity index (χ0n) is 11.4. The van der Waals surface area contributed by atoms with E-state index in [2.05, 4.69) is 54.5 Å². The molecule has 1 fully saturated rings. The Morgan fingerprint density at radius 3 is 2.83 bits per heavy atom. The Bertz CT molecular complexity index is 336. The second-order valence-corrected chi connectivity index (χ2v) is 5.05. The first kappa shape index (κ1) is 13.5. The van der Waals surface area contributed by atoms with Crippen LogP contribution in [-0.4, -0.2) is 44.3 Å². The van der Waals surface area contributed by atoms with Gasteiger partial charge in [0, 0.05) is 25.7 Å². The quantitative estimate of drug-likeness (QED) is 0.863. The molecule has 0 aromatic heterocycles. The molecular weight excluding hydrogens is 224 g/mol. The molecule has 100 valence electrons. The van der Waals surface area contributed by atoms with Gasteiger partial charge < -0.3 is 10.1 Å². The molecule has 1 aliphatic heterocycles. The fraction of sp³-hybridized carbons (Fsp3) is 0.600. The van der Waals surface area contributed by atoms with Gasteiger partial charge in [0.2, 0.25) is 0 Å². The van der Waals surface area contributed by atoms with E-state index in [-0.39, 0.29) is 0 Å². The van der Waals surface area contributed by atoms with Crippen molar-refractivity contribution in [1.29, 1.82) is 0 Å². The Labute approximate surface area is 110 Å². The molecular formula is C15H24N2O. The maximum Gasteiger partial charge on any atom is 0.0712 e. The number of hydrogen-bond donors (Lipinski definition) is 1. The van der Waals surface area contributed by atoms with Crippen LogP contribution in [-0.2, 0) is 4.74 Å². The van der Waals surface area contributed by atoms with Gasteiger partial charge in [-0.2, -0.15) is 0 Å². The number of hydrogen-bond acceptors (Lipinski definition) is 3. The van der Waals surface area contributed by atoms with E-state index < -0.39 is 0 Å². The van der Waals surface area contributed by atoms with Gasteiger partial charge in [0.15, 0.2) is 0 Å². The summed E-state index contributed by atoms with van der Waals surface area (Å²) in [6.45, 7) is 6.17. The highest BCUT2D eigenvalue weighted by Gasteiger charge is 2.16. The van der Waals surface area contributed by atoms with E-state index >= 15 is 0 Å². The summed E-state index contributed by atoms with van der Waals surface area (Å²) >= 11 is 0. The molecule has 0 aliphatic carbocycles. The topological polar surface area (TPSA) is 24.5 Å². The summed E-state index contributed by atoms with van der Waals surface area (Å²) in [5.74, 6) is 0. The van der Waals surface area contributed by atoms with Crippen LogP contribution in [0.5, 0.6) is 0 Å². The molecule has 0 radical (unpaired) electrons. The van der Waals surface area contributed by atoms with Crippen LogP contribution in [0.1, 0.15) is 24.9 Å². The monoisotopic (exact) mass is 248 g/mol. The van der Waals surface area contributed by atoms with Crippen molar-refractivity contribution >= 4 is 0 Å². The molecule has 1 N–H and O–H groups in total. The molecule has 0 bridgehead atoms. The molecule has 1 heterocycles. The van der Waals surface area contributed by atoms with Crippen molar-refractivity contribution in [3.05, 3.63) is 35.9 Å². The summed E-state index contributed by atoms with van der Waals surface area (Å²) in [5.41, 5.74) is 1.38. The van der Waals surface area contributed by atoms with E-state index in [1.54, 1.807) is 0 Å². The van der Waals surface area contributed by atoms with Crippen molar-refractivity contribution in [2.75, 3.05) is 33.3 Å². The first-order chi connectivity index (χ1) is 8.77. The van der Waals surface area contributed by atoms with Crippen molar-refractivity contribution in [3.8, 4) is 0 Å². The van der Waals surface area contributed by atoms with Gasteiger partial charge in [-0.05, 0) is 26.0 Å². The minimum atomic E-state index is 0.379. The van der Waals surface area contributed by atoms with Crippen molar-refractivity contribution in [1.82, 2.24) is 10.2 Å². The summed E-state index contributed by atoms with van der Waals surface area (Å²) in [6.07, 6.45) is 1.48. The van der Waals surface area contributed by atoms with E-state index in [0.29, 0.717) is 12.1 Å². The smallest absolute Gasteiger partial charge is 0.0712 e. The normalized spacial score (nSPS) is 22.1. The largest absolute Gasteiger partial charge is 0.376 e. The molecule has 0 spiro atoms. The van der Waals surface area contributed by atoms with Gasteiger partial charge in [-0.1, -0.05) is 30.3 Å². The Morgan fingerprint density at radius 2 is 2.17 bits per heavy atom. The van der Waals surface area contributed by atoms with E-state index in [0.717, 1.165) is 32.7 Å². The van der Waals surface area contributed by atoms with Crippen LogP contribution in [0.4, 0.5) is 0 Å². The molecule has 2 unspecified atom stereocenters.